The van der Waals surface area contributed by atoms with Crippen LogP contribution in [0.15, 0.2) is 60.9 Å². The van der Waals surface area contributed by atoms with E-state index in [-0.39, 0.29) is 0 Å². The number of rotatable bonds is 5. The third-order valence-corrected chi connectivity index (χ3v) is 5.64. The number of imidazole rings is 1. The maximum Gasteiger partial charge on any atom is 0.185 e. The molecule has 4 rings (SSSR count). The summed E-state index contributed by atoms with van der Waals surface area (Å²) in [5, 5.41) is 0. The highest BCUT2D eigenvalue weighted by atomic mass is 32.1. The fourth-order valence-electron chi connectivity index (χ4n) is 3.79. The van der Waals surface area contributed by atoms with E-state index in [9.17, 15) is 0 Å². The van der Waals surface area contributed by atoms with Gasteiger partial charge in [-0.25, -0.2) is 0 Å². The summed E-state index contributed by atoms with van der Waals surface area (Å²) in [5.74, 6) is 0.847. The van der Waals surface area contributed by atoms with Gasteiger partial charge in [0.1, 0.15) is 5.75 Å². The van der Waals surface area contributed by atoms with E-state index in [0.29, 0.717) is 6.04 Å². The van der Waals surface area contributed by atoms with Crippen molar-refractivity contribution in [1.29, 1.82) is 0 Å². The lowest BCUT2D eigenvalue weighted by Crippen LogP contribution is -2.25. The molecule has 1 unspecified atom stereocenters. The van der Waals surface area contributed by atoms with Gasteiger partial charge in [-0.3, -0.25) is 9.47 Å². The molecule has 0 saturated carbocycles. The predicted octanol–water partition coefficient (Wildman–Crippen LogP) is 4.59. The Morgan fingerprint density at radius 2 is 1.88 bits per heavy atom. The first-order valence-corrected chi connectivity index (χ1v) is 9.28. The van der Waals surface area contributed by atoms with Crippen molar-refractivity contribution < 1.29 is 4.74 Å². The van der Waals surface area contributed by atoms with Gasteiger partial charge in [0.2, 0.25) is 0 Å². The smallest absolute Gasteiger partial charge is 0.185 e. The normalized spacial score (nSPS) is 16.0. The zero-order valence-corrected chi connectivity index (χ0v) is 15.9. The lowest BCUT2D eigenvalue weighted by atomic mass is 10.1. The first kappa shape index (κ1) is 17.1. The molecule has 0 N–H and O–H groups in total. The third kappa shape index (κ3) is 3.08. The van der Waals surface area contributed by atoms with Crippen LogP contribution in [0.1, 0.15) is 23.6 Å². The lowest BCUT2D eigenvalue weighted by molar-refractivity contribution is 0.192. The van der Waals surface area contributed by atoms with Crippen LogP contribution in [0.3, 0.4) is 0 Å². The molecule has 3 aromatic rings. The minimum atomic E-state index is 0.456. The average Bonchev–Trinajstić information content (AvgIpc) is 3.26. The highest BCUT2D eigenvalue weighted by molar-refractivity contribution is 7.71. The van der Waals surface area contributed by atoms with Gasteiger partial charge in [0, 0.05) is 24.1 Å². The summed E-state index contributed by atoms with van der Waals surface area (Å²) >= 11 is 5.71. The molecule has 2 aromatic carbocycles. The number of ether oxygens (including phenoxy) is 1. The zero-order chi connectivity index (χ0) is 18.1. The Morgan fingerprint density at radius 3 is 2.65 bits per heavy atom. The number of aryl methyl sites for hydroxylation is 1. The first-order valence-electron chi connectivity index (χ1n) is 8.87. The highest BCUT2D eigenvalue weighted by Gasteiger charge is 2.25. The first-order chi connectivity index (χ1) is 12.7. The molecule has 5 heteroatoms. The molecule has 0 fully saturated rings. The van der Waals surface area contributed by atoms with Gasteiger partial charge in [-0.15, -0.1) is 0 Å². The summed E-state index contributed by atoms with van der Waals surface area (Å²) in [4.78, 5) is 2.39. The minimum absolute atomic E-state index is 0.456. The van der Waals surface area contributed by atoms with Crippen molar-refractivity contribution in [3.8, 4) is 11.4 Å². The fourth-order valence-corrected chi connectivity index (χ4v) is 4.08. The molecular formula is C21H23N3OS. The molecule has 0 amide bonds. The van der Waals surface area contributed by atoms with Crippen molar-refractivity contribution in [2.75, 3.05) is 14.2 Å². The van der Waals surface area contributed by atoms with Gasteiger partial charge in [0.05, 0.1) is 13.8 Å². The Kier molecular flexibility index (Phi) is 4.66. The third-order valence-electron chi connectivity index (χ3n) is 5.21. The van der Waals surface area contributed by atoms with Crippen LogP contribution in [0.5, 0.6) is 5.75 Å². The van der Waals surface area contributed by atoms with Gasteiger partial charge in [-0.05, 0) is 67.5 Å². The number of benzene rings is 2. The molecule has 1 aliphatic rings. The van der Waals surface area contributed by atoms with E-state index in [1.54, 1.807) is 7.11 Å². The Hall–Kier alpha value is -2.37. The maximum atomic E-state index is 5.71. The minimum Gasteiger partial charge on any atom is -0.497 e. The van der Waals surface area contributed by atoms with Crippen LogP contribution in [-0.2, 0) is 13.1 Å². The van der Waals surface area contributed by atoms with E-state index < -0.39 is 0 Å². The molecule has 4 nitrogen and oxygen atoms in total. The van der Waals surface area contributed by atoms with Crippen molar-refractivity contribution in [3.63, 3.8) is 0 Å². The monoisotopic (exact) mass is 365 g/mol. The van der Waals surface area contributed by atoms with Crippen LogP contribution in [0.2, 0.25) is 0 Å². The molecule has 1 heterocycles. The molecule has 0 spiro atoms. The fraction of sp³-hybridized carbons (Fsp3) is 0.286. The lowest BCUT2D eigenvalue weighted by Gasteiger charge is -2.25. The van der Waals surface area contributed by atoms with Crippen LogP contribution in [0, 0.1) is 4.77 Å². The molecule has 1 aromatic heterocycles. The number of methoxy groups -OCH3 is 1. The standard InChI is InChI=1S/C21H23N3OS/c1-22(20-12-7-16-5-3-4-6-19(16)20)15-23-13-14-24(21(23)26)17-8-10-18(25-2)11-9-17/h3-6,8-11,13-14,20H,7,12,15H2,1-2H3. The second kappa shape index (κ2) is 7.09. The molecule has 0 bridgehead atoms. The molecule has 0 saturated heterocycles. The van der Waals surface area contributed by atoms with Crippen molar-refractivity contribution >= 4 is 12.2 Å². The number of fused-ring (bicyclic) bond motifs is 1. The summed E-state index contributed by atoms with van der Waals surface area (Å²) in [6, 6.07) is 17.2. The Morgan fingerprint density at radius 1 is 1.12 bits per heavy atom. The highest BCUT2D eigenvalue weighted by Crippen LogP contribution is 2.35. The van der Waals surface area contributed by atoms with Crippen molar-refractivity contribution in [1.82, 2.24) is 14.0 Å². The molecular weight excluding hydrogens is 342 g/mol. The van der Waals surface area contributed by atoms with Crippen molar-refractivity contribution in [2.24, 2.45) is 0 Å². The number of aromatic nitrogens is 2. The molecule has 134 valence electrons. The van der Waals surface area contributed by atoms with E-state index in [1.165, 1.54) is 17.5 Å². The molecule has 0 aliphatic heterocycles. The number of hydrogen-bond acceptors (Lipinski definition) is 3. The van der Waals surface area contributed by atoms with Crippen LogP contribution in [-0.4, -0.2) is 28.2 Å². The van der Waals surface area contributed by atoms with E-state index in [0.717, 1.165) is 29.3 Å². The van der Waals surface area contributed by atoms with Gasteiger partial charge in [-0.1, -0.05) is 24.3 Å². The van der Waals surface area contributed by atoms with Crippen LogP contribution in [0.4, 0.5) is 0 Å². The molecule has 1 atom stereocenters. The second-order valence-corrected chi connectivity index (χ2v) is 7.14. The molecule has 0 radical (unpaired) electrons. The van der Waals surface area contributed by atoms with E-state index in [2.05, 4.69) is 47.0 Å². The van der Waals surface area contributed by atoms with Crippen LogP contribution < -0.4 is 4.74 Å². The van der Waals surface area contributed by atoms with Crippen LogP contribution in [0.25, 0.3) is 5.69 Å². The largest absolute Gasteiger partial charge is 0.497 e. The summed E-state index contributed by atoms with van der Waals surface area (Å²) in [6.45, 7) is 0.779. The molecule has 26 heavy (non-hydrogen) atoms. The van der Waals surface area contributed by atoms with E-state index in [1.807, 2.05) is 35.0 Å². The Balaban J connectivity index is 1.54. The molecule has 1 aliphatic carbocycles. The summed E-state index contributed by atoms with van der Waals surface area (Å²) in [6.07, 6.45) is 6.41. The number of hydrogen-bond donors (Lipinski definition) is 0. The van der Waals surface area contributed by atoms with Gasteiger partial charge in [0.15, 0.2) is 4.77 Å². The van der Waals surface area contributed by atoms with E-state index in [4.69, 9.17) is 17.0 Å². The van der Waals surface area contributed by atoms with Gasteiger partial charge in [0.25, 0.3) is 0 Å². The van der Waals surface area contributed by atoms with Crippen molar-refractivity contribution in [2.45, 2.75) is 25.6 Å². The van der Waals surface area contributed by atoms with E-state index >= 15 is 0 Å². The SMILES string of the molecule is COc1ccc(-n2ccn(CN(C)C3CCc4ccccc43)c2=S)cc1. The van der Waals surface area contributed by atoms with Gasteiger partial charge in [-0.2, -0.15) is 0 Å². The number of nitrogens with zero attached hydrogens (tertiary/aromatic N) is 3. The Bertz CT molecular complexity index is 958. The second-order valence-electron chi connectivity index (χ2n) is 6.77. The van der Waals surface area contributed by atoms with Gasteiger partial charge >= 0.3 is 0 Å². The summed E-state index contributed by atoms with van der Waals surface area (Å²) in [5.41, 5.74) is 3.98. The maximum absolute atomic E-state index is 5.71. The zero-order valence-electron chi connectivity index (χ0n) is 15.1. The van der Waals surface area contributed by atoms with Crippen molar-refractivity contribution in [3.05, 3.63) is 76.8 Å². The summed E-state index contributed by atoms with van der Waals surface area (Å²) < 4.78 is 10.2. The van der Waals surface area contributed by atoms with Crippen LogP contribution >= 0.6 is 12.2 Å². The predicted molar refractivity (Wildman–Crippen MR) is 106 cm³/mol. The van der Waals surface area contributed by atoms with Gasteiger partial charge < -0.3 is 9.30 Å². The topological polar surface area (TPSA) is 22.3 Å². The average molecular weight is 366 g/mol. The summed E-state index contributed by atoms with van der Waals surface area (Å²) in [7, 11) is 3.85. The quantitative estimate of drug-likeness (QED) is 0.617. The Labute approximate surface area is 159 Å².